The van der Waals surface area contributed by atoms with E-state index in [4.69, 9.17) is 13.9 Å². The van der Waals surface area contributed by atoms with Gasteiger partial charge < -0.3 is 19.2 Å². The molecule has 3 aromatic rings. The molecule has 0 atom stereocenters. The summed E-state index contributed by atoms with van der Waals surface area (Å²) in [6.07, 6.45) is 0. The van der Waals surface area contributed by atoms with Gasteiger partial charge in [0.15, 0.2) is 5.76 Å². The van der Waals surface area contributed by atoms with Crippen LogP contribution in [0.25, 0.3) is 0 Å². The summed E-state index contributed by atoms with van der Waals surface area (Å²) in [5.74, 6) is 1.35. The number of furan rings is 1. The van der Waals surface area contributed by atoms with Crippen LogP contribution in [0.3, 0.4) is 0 Å². The fourth-order valence-corrected chi connectivity index (χ4v) is 3.74. The van der Waals surface area contributed by atoms with Crippen LogP contribution < -0.4 is 10.1 Å². The second-order valence-electron chi connectivity index (χ2n) is 9.37. The van der Waals surface area contributed by atoms with E-state index in [0.717, 1.165) is 49.8 Å². The molecule has 1 saturated heterocycles. The van der Waals surface area contributed by atoms with Crippen molar-refractivity contribution < 1.29 is 18.7 Å². The minimum atomic E-state index is -0.278. The summed E-state index contributed by atoms with van der Waals surface area (Å²) in [7, 11) is 0. The third-order valence-electron chi connectivity index (χ3n) is 5.68. The molecule has 1 N–H and O–H groups in total. The molecule has 0 unspecified atom stereocenters. The van der Waals surface area contributed by atoms with Gasteiger partial charge in [0.2, 0.25) is 0 Å². The van der Waals surface area contributed by atoms with E-state index in [1.807, 2.05) is 30.3 Å². The molecule has 1 fully saturated rings. The highest BCUT2D eigenvalue weighted by atomic mass is 16.5. The third kappa shape index (κ3) is 6.46. The fourth-order valence-electron chi connectivity index (χ4n) is 3.74. The quantitative estimate of drug-likeness (QED) is 0.535. The van der Waals surface area contributed by atoms with Crippen LogP contribution in [-0.2, 0) is 23.3 Å². The van der Waals surface area contributed by atoms with E-state index in [0.29, 0.717) is 5.76 Å². The lowest BCUT2D eigenvalue weighted by atomic mass is 9.87. The van der Waals surface area contributed by atoms with Crippen LogP contribution in [0.5, 0.6) is 5.75 Å². The molecule has 2 heterocycles. The summed E-state index contributed by atoms with van der Waals surface area (Å²) < 4.78 is 16.9. The van der Waals surface area contributed by atoms with Crippen molar-refractivity contribution in [3.63, 3.8) is 0 Å². The molecule has 1 aliphatic heterocycles. The van der Waals surface area contributed by atoms with Gasteiger partial charge in [-0.3, -0.25) is 9.69 Å². The first-order chi connectivity index (χ1) is 15.9. The minimum absolute atomic E-state index is 0.101. The van der Waals surface area contributed by atoms with Crippen molar-refractivity contribution in [2.24, 2.45) is 0 Å². The molecular formula is C27H32N2O4. The Labute approximate surface area is 195 Å². The monoisotopic (exact) mass is 448 g/mol. The fraction of sp³-hybridized carbons (Fsp3) is 0.370. The number of carbonyl (C=O) groups excluding carboxylic acids is 1. The first-order valence-electron chi connectivity index (χ1n) is 11.4. The lowest BCUT2D eigenvalue weighted by Gasteiger charge is -2.26. The van der Waals surface area contributed by atoms with Gasteiger partial charge in [0.05, 0.1) is 13.2 Å². The largest absolute Gasteiger partial charge is 0.486 e. The smallest absolute Gasteiger partial charge is 0.291 e. The highest BCUT2D eigenvalue weighted by Gasteiger charge is 2.15. The molecule has 0 saturated carbocycles. The number of carbonyl (C=O) groups is 1. The predicted molar refractivity (Wildman–Crippen MR) is 129 cm³/mol. The van der Waals surface area contributed by atoms with Crippen molar-refractivity contribution >= 4 is 11.6 Å². The Kier molecular flexibility index (Phi) is 7.16. The number of nitrogens with one attached hydrogen (secondary N) is 1. The maximum absolute atomic E-state index is 12.7. The Hall–Kier alpha value is -3.09. The summed E-state index contributed by atoms with van der Waals surface area (Å²) in [5, 5.41) is 2.93. The molecule has 1 amide bonds. The second-order valence-corrected chi connectivity index (χ2v) is 9.37. The predicted octanol–water partition coefficient (Wildman–Crippen LogP) is 5.24. The van der Waals surface area contributed by atoms with Crippen molar-refractivity contribution in [2.45, 2.75) is 39.3 Å². The zero-order chi connectivity index (χ0) is 23.3. The van der Waals surface area contributed by atoms with Crippen molar-refractivity contribution in [3.05, 3.63) is 83.3 Å². The number of hydrogen-bond acceptors (Lipinski definition) is 5. The van der Waals surface area contributed by atoms with Crippen LogP contribution in [0.4, 0.5) is 5.69 Å². The number of hydrogen-bond donors (Lipinski definition) is 1. The van der Waals surface area contributed by atoms with Gasteiger partial charge in [-0.05, 0) is 52.9 Å². The lowest BCUT2D eigenvalue weighted by Crippen LogP contribution is -2.35. The molecule has 6 heteroatoms. The van der Waals surface area contributed by atoms with Crippen molar-refractivity contribution in [1.29, 1.82) is 0 Å². The topological polar surface area (TPSA) is 63.9 Å². The molecule has 174 valence electrons. The van der Waals surface area contributed by atoms with Gasteiger partial charge in [0.25, 0.3) is 5.91 Å². The average molecular weight is 449 g/mol. The van der Waals surface area contributed by atoms with Crippen LogP contribution in [0.1, 0.15) is 48.2 Å². The maximum atomic E-state index is 12.7. The second kappa shape index (κ2) is 10.2. The number of benzene rings is 2. The molecular weight excluding hydrogens is 416 g/mol. The van der Waals surface area contributed by atoms with Crippen LogP contribution in [0.15, 0.2) is 65.1 Å². The number of morpholine rings is 1. The number of ether oxygens (including phenoxy) is 2. The molecule has 1 aromatic heterocycles. The highest BCUT2D eigenvalue weighted by molar-refractivity contribution is 6.02. The Morgan fingerprint density at radius 2 is 1.79 bits per heavy atom. The van der Waals surface area contributed by atoms with E-state index in [1.54, 1.807) is 12.1 Å². The minimum Gasteiger partial charge on any atom is -0.486 e. The molecule has 0 spiro atoms. The molecule has 0 aliphatic carbocycles. The molecule has 4 rings (SSSR count). The lowest BCUT2D eigenvalue weighted by molar-refractivity contribution is 0.0342. The van der Waals surface area contributed by atoms with Gasteiger partial charge in [-0.25, -0.2) is 0 Å². The first kappa shape index (κ1) is 23.1. The standard InChI is InChI=1S/C27H32N2O4/c1-27(2,3)21-7-9-23(10-8-21)32-19-24-11-12-25(33-24)26(30)28-22-6-4-5-20(17-22)18-29-13-15-31-16-14-29/h4-12,17H,13-16,18-19H2,1-3H3,(H,28,30). The van der Waals surface area contributed by atoms with Gasteiger partial charge in [-0.1, -0.05) is 45.0 Å². The van der Waals surface area contributed by atoms with Crippen molar-refractivity contribution in [1.82, 2.24) is 4.90 Å². The van der Waals surface area contributed by atoms with Crippen molar-refractivity contribution in [2.75, 3.05) is 31.6 Å². The summed E-state index contributed by atoms with van der Waals surface area (Å²) in [6, 6.07) is 19.4. The van der Waals surface area contributed by atoms with Gasteiger partial charge >= 0.3 is 0 Å². The highest BCUT2D eigenvalue weighted by Crippen LogP contribution is 2.25. The number of nitrogens with zero attached hydrogens (tertiary/aromatic N) is 1. The van der Waals surface area contributed by atoms with Gasteiger partial charge in [0, 0.05) is 25.3 Å². The Morgan fingerprint density at radius 1 is 1.03 bits per heavy atom. The Morgan fingerprint density at radius 3 is 2.52 bits per heavy atom. The number of anilines is 1. The van der Waals surface area contributed by atoms with E-state index >= 15 is 0 Å². The van der Waals surface area contributed by atoms with Crippen LogP contribution in [0.2, 0.25) is 0 Å². The Balaban J connectivity index is 1.31. The molecule has 1 aliphatic rings. The summed E-state index contributed by atoms with van der Waals surface area (Å²) in [4.78, 5) is 15.0. The summed E-state index contributed by atoms with van der Waals surface area (Å²) in [6.45, 7) is 11.0. The van der Waals surface area contributed by atoms with E-state index < -0.39 is 0 Å². The van der Waals surface area contributed by atoms with Gasteiger partial charge in [-0.2, -0.15) is 0 Å². The zero-order valence-electron chi connectivity index (χ0n) is 19.6. The first-order valence-corrected chi connectivity index (χ1v) is 11.4. The van der Waals surface area contributed by atoms with E-state index in [9.17, 15) is 4.79 Å². The van der Waals surface area contributed by atoms with E-state index in [1.165, 1.54) is 5.56 Å². The van der Waals surface area contributed by atoms with Crippen LogP contribution >= 0.6 is 0 Å². The average Bonchev–Trinajstić information content (AvgIpc) is 3.28. The van der Waals surface area contributed by atoms with Crippen LogP contribution in [0, 0.1) is 0 Å². The molecule has 6 nitrogen and oxygen atoms in total. The van der Waals surface area contributed by atoms with Crippen LogP contribution in [-0.4, -0.2) is 37.1 Å². The molecule has 0 radical (unpaired) electrons. The summed E-state index contributed by atoms with van der Waals surface area (Å²) >= 11 is 0. The molecule has 33 heavy (non-hydrogen) atoms. The normalized spacial score (nSPS) is 14.8. The van der Waals surface area contributed by atoms with E-state index in [2.05, 4.69) is 49.2 Å². The number of amides is 1. The van der Waals surface area contributed by atoms with Crippen molar-refractivity contribution in [3.8, 4) is 5.75 Å². The molecule has 2 aromatic carbocycles. The number of rotatable bonds is 7. The maximum Gasteiger partial charge on any atom is 0.291 e. The van der Waals surface area contributed by atoms with Gasteiger partial charge in [0.1, 0.15) is 18.1 Å². The SMILES string of the molecule is CC(C)(C)c1ccc(OCc2ccc(C(=O)Nc3cccc(CN4CCOCC4)c3)o2)cc1. The van der Waals surface area contributed by atoms with Gasteiger partial charge in [-0.15, -0.1) is 0 Å². The summed E-state index contributed by atoms with van der Waals surface area (Å²) in [5.41, 5.74) is 3.25. The zero-order valence-corrected chi connectivity index (χ0v) is 19.6. The Bertz CT molecular complexity index is 1060. The molecule has 0 bridgehead atoms. The third-order valence-corrected chi connectivity index (χ3v) is 5.68. The van der Waals surface area contributed by atoms with E-state index in [-0.39, 0.29) is 23.7 Å².